The van der Waals surface area contributed by atoms with Crippen LogP contribution in [0.2, 0.25) is 0 Å². The van der Waals surface area contributed by atoms with Crippen molar-refractivity contribution in [2.45, 2.75) is 25.3 Å². The topological polar surface area (TPSA) is 77.7 Å². The first-order valence-electron chi connectivity index (χ1n) is 6.79. The molecule has 2 aromatic rings. The van der Waals surface area contributed by atoms with Gasteiger partial charge in [-0.3, -0.25) is 4.79 Å². The van der Waals surface area contributed by atoms with Crippen LogP contribution in [0.25, 0.3) is 10.2 Å². The van der Waals surface area contributed by atoms with E-state index in [9.17, 15) is 13.2 Å². The van der Waals surface area contributed by atoms with Crippen LogP contribution in [-0.2, 0) is 25.9 Å². The Kier molecular flexibility index (Phi) is 5.15. The average Bonchev–Trinajstić information content (AvgIpc) is 2.74. The number of nitrogens with zero attached hydrogens (tertiary/aromatic N) is 2. The van der Waals surface area contributed by atoms with Gasteiger partial charge in [-0.1, -0.05) is 11.3 Å². The standard InChI is InChI=1S/C14H18N2O4S2/c1-4-20-8-7-16-12-6-5-11(22(3,18)19)9-13(12)21-14(16)15-10(2)17/h5-6,9H,4,7-8H2,1-3H3. The van der Waals surface area contributed by atoms with E-state index >= 15 is 0 Å². The molecule has 0 aliphatic carbocycles. The molecule has 8 heteroatoms. The molecule has 0 spiro atoms. The fraction of sp³-hybridized carbons (Fsp3) is 0.429. The maximum atomic E-state index is 11.7. The second-order valence-corrected chi connectivity index (χ2v) is 7.79. The van der Waals surface area contributed by atoms with Crippen LogP contribution in [0, 0.1) is 0 Å². The maximum absolute atomic E-state index is 11.7. The molecule has 0 fully saturated rings. The molecule has 0 unspecified atom stereocenters. The summed E-state index contributed by atoms with van der Waals surface area (Å²) in [6.45, 7) is 4.97. The van der Waals surface area contributed by atoms with Crippen molar-refractivity contribution >= 4 is 37.3 Å². The van der Waals surface area contributed by atoms with Crippen molar-refractivity contribution in [3.63, 3.8) is 0 Å². The third-order valence-electron chi connectivity index (χ3n) is 3.00. The summed E-state index contributed by atoms with van der Waals surface area (Å²) in [5, 5.41) is 0. The first-order valence-corrected chi connectivity index (χ1v) is 9.50. The van der Waals surface area contributed by atoms with Crippen molar-refractivity contribution in [1.29, 1.82) is 0 Å². The van der Waals surface area contributed by atoms with Crippen LogP contribution in [0.15, 0.2) is 28.1 Å². The van der Waals surface area contributed by atoms with Crippen molar-refractivity contribution in [2.24, 2.45) is 4.99 Å². The molecule has 1 aromatic carbocycles. The van der Waals surface area contributed by atoms with Gasteiger partial charge in [-0.05, 0) is 25.1 Å². The van der Waals surface area contributed by atoms with Gasteiger partial charge in [-0.25, -0.2) is 8.42 Å². The molecular formula is C14H18N2O4S2. The van der Waals surface area contributed by atoms with Crippen LogP contribution in [0.4, 0.5) is 0 Å². The first-order chi connectivity index (χ1) is 10.3. The number of fused-ring (bicyclic) bond motifs is 1. The molecule has 0 aliphatic heterocycles. The summed E-state index contributed by atoms with van der Waals surface area (Å²) in [5.41, 5.74) is 0.845. The number of hydrogen-bond acceptors (Lipinski definition) is 5. The molecule has 2 rings (SSSR count). The molecule has 0 N–H and O–H groups in total. The third-order valence-corrected chi connectivity index (χ3v) is 5.15. The highest BCUT2D eigenvalue weighted by molar-refractivity contribution is 7.90. The number of ether oxygens (including phenoxy) is 1. The summed E-state index contributed by atoms with van der Waals surface area (Å²) in [6, 6.07) is 4.93. The van der Waals surface area contributed by atoms with Crippen LogP contribution >= 0.6 is 11.3 Å². The van der Waals surface area contributed by atoms with E-state index in [4.69, 9.17) is 4.74 Å². The quantitative estimate of drug-likeness (QED) is 0.773. The molecule has 0 aliphatic rings. The van der Waals surface area contributed by atoms with E-state index in [1.807, 2.05) is 11.5 Å². The Bertz CT molecular complexity index is 863. The van der Waals surface area contributed by atoms with Gasteiger partial charge >= 0.3 is 0 Å². The number of rotatable bonds is 5. The van der Waals surface area contributed by atoms with Crippen LogP contribution < -0.4 is 4.80 Å². The van der Waals surface area contributed by atoms with Crippen LogP contribution in [-0.4, -0.2) is 38.4 Å². The predicted molar refractivity (Wildman–Crippen MR) is 85.7 cm³/mol. The highest BCUT2D eigenvalue weighted by atomic mass is 32.2. The molecule has 0 saturated heterocycles. The number of carbonyl (C=O) groups excluding carboxylic acids is 1. The van der Waals surface area contributed by atoms with E-state index in [-0.39, 0.29) is 10.8 Å². The van der Waals surface area contributed by atoms with E-state index in [2.05, 4.69) is 4.99 Å². The van der Waals surface area contributed by atoms with Gasteiger partial charge in [0.05, 0.1) is 21.7 Å². The lowest BCUT2D eigenvalue weighted by atomic mass is 10.3. The summed E-state index contributed by atoms with van der Waals surface area (Å²) in [5.74, 6) is -0.292. The minimum Gasteiger partial charge on any atom is -0.380 e. The average molecular weight is 342 g/mol. The second kappa shape index (κ2) is 6.72. The molecular weight excluding hydrogens is 324 g/mol. The normalized spacial score (nSPS) is 13.0. The monoisotopic (exact) mass is 342 g/mol. The summed E-state index contributed by atoms with van der Waals surface area (Å²) in [6.07, 6.45) is 1.17. The summed E-state index contributed by atoms with van der Waals surface area (Å²) in [7, 11) is -3.27. The van der Waals surface area contributed by atoms with E-state index in [1.165, 1.54) is 24.5 Å². The van der Waals surface area contributed by atoms with Gasteiger partial charge in [0.15, 0.2) is 14.6 Å². The van der Waals surface area contributed by atoms with Crippen molar-refractivity contribution in [3.8, 4) is 0 Å². The fourth-order valence-corrected chi connectivity index (χ4v) is 3.88. The number of amides is 1. The van der Waals surface area contributed by atoms with Crippen molar-refractivity contribution in [2.75, 3.05) is 19.5 Å². The lowest BCUT2D eigenvalue weighted by molar-refractivity contribution is -0.116. The molecule has 0 atom stereocenters. The van der Waals surface area contributed by atoms with Crippen LogP contribution in [0.5, 0.6) is 0 Å². The van der Waals surface area contributed by atoms with Gasteiger partial charge in [-0.15, -0.1) is 0 Å². The lowest BCUT2D eigenvalue weighted by Crippen LogP contribution is -2.19. The zero-order valence-corrected chi connectivity index (χ0v) is 14.3. The summed E-state index contributed by atoms with van der Waals surface area (Å²) < 4.78 is 31.3. The van der Waals surface area contributed by atoms with Crippen LogP contribution in [0.3, 0.4) is 0 Å². The van der Waals surface area contributed by atoms with E-state index < -0.39 is 9.84 Å². The maximum Gasteiger partial charge on any atom is 0.245 e. The number of thiazole rings is 1. The Morgan fingerprint density at radius 2 is 2.14 bits per heavy atom. The third kappa shape index (κ3) is 3.82. The Balaban J connectivity index is 2.61. The Morgan fingerprint density at radius 3 is 2.73 bits per heavy atom. The highest BCUT2D eigenvalue weighted by Gasteiger charge is 2.12. The first kappa shape index (κ1) is 16.9. The molecule has 0 radical (unpaired) electrons. The van der Waals surface area contributed by atoms with Gasteiger partial charge < -0.3 is 9.30 Å². The zero-order chi connectivity index (χ0) is 16.3. The molecule has 120 valence electrons. The Hall–Kier alpha value is -1.51. The molecule has 0 saturated carbocycles. The number of hydrogen-bond donors (Lipinski definition) is 0. The summed E-state index contributed by atoms with van der Waals surface area (Å²) >= 11 is 1.30. The van der Waals surface area contributed by atoms with Crippen molar-refractivity contribution < 1.29 is 17.9 Å². The van der Waals surface area contributed by atoms with Crippen LogP contribution in [0.1, 0.15) is 13.8 Å². The number of benzene rings is 1. The number of carbonyl (C=O) groups is 1. The Labute approximate surface area is 133 Å². The highest BCUT2D eigenvalue weighted by Crippen LogP contribution is 2.21. The van der Waals surface area contributed by atoms with Gasteiger partial charge in [0.25, 0.3) is 0 Å². The van der Waals surface area contributed by atoms with Gasteiger partial charge in [0, 0.05) is 26.3 Å². The predicted octanol–water partition coefficient (Wildman–Crippen LogP) is 1.59. The molecule has 0 bridgehead atoms. The molecule has 1 heterocycles. The van der Waals surface area contributed by atoms with E-state index in [0.29, 0.717) is 24.6 Å². The molecule has 1 aromatic heterocycles. The van der Waals surface area contributed by atoms with E-state index in [1.54, 1.807) is 18.2 Å². The second-order valence-electron chi connectivity index (χ2n) is 4.77. The zero-order valence-electron chi connectivity index (χ0n) is 12.7. The van der Waals surface area contributed by atoms with Gasteiger partial charge in [0.1, 0.15) is 0 Å². The molecule has 22 heavy (non-hydrogen) atoms. The van der Waals surface area contributed by atoms with Crippen molar-refractivity contribution in [1.82, 2.24) is 4.57 Å². The minimum atomic E-state index is -3.27. The number of sulfone groups is 1. The summed E-state index contributed by atoms with van der Waals surface area (Å²) in [4.78, 5) is 16.1. The van der Waals surface area contributed by atoms with Gasteiger partial charge in [-0.2, -0.15) is 4.99 Å². The largest absolute Gasteiger partial charge is 0.380 e. The Morgan fingerprint density at radius 1 is 1.41 bits per heavy atom. The van der Waals surface area contributed by atoms with Crippen molar-refractivity contribution in [3.05, 3.63) is 23.0 Å². The van der Waals surface area contributed by atoms with Gasteiger partial charge in [0.2, 0.25) is 5.91 Å². The SMILES string of the molecule is CCOCCn1c(=NC(C)=O)sc2cc(S(C)(=O)=O)ccc21. The lowest BCUT2D eigenvalue weighted by Gasteiger charge is -2.05. The number of aromatic nitrogens is 1. The fourth-order valence-electron chi connectivity index (χ4n) is 2.02. The molecule has 1 amide bonds. The molecule has 6 nitrogen and oxygen atoms in total. The van der Waals surface area contributed by atoms with E-state index in [0.717, 1.165) is 10.2 Å². The smallest absolute Gasteiger partial charge is 0.245 e. The minimum absolute atomic E-state index is 0.257.